The average molecular weight is 356 g/mol. The molecule has 0 radical (unpaired) electrons. The minimum Gasteiger partial charge on any atom is -0.260 e. The van der Waals surface area contributed by atoms with Gasteiger partial charge in [0.05, 0.1) is 12.4 Å². The fourth-order valence-corrected chi connectivity index (χ4v) is 2.79. The van der Waals surface area contributed by atoms with Crippen molar-refractivity contribution in [3.63, 3.8) is 0 Å². The van der Waals surface area contributed by atoms with Crippen LogP contribution in [0.5, 0.6) is 0 Å². The lowest BCUT2D eigenvalue weighted by Crippen LogP contribution is -2.49. The van der Waals surface area contributed by atoms with Gasteiger partial charge in [0.1, 0.15) is 11.8 Å². The van der Waals surface area contributed by atoms with Gasteiger partial charge in [-0.05, 0) is 0 Å². The molecular weight excluding hydrogens is 348 g/mol. The number of hydrogen-bond acceptors (Lipinski definition) is 12. The fraction of sp³-hybridized carbons (Fsp3) is 0. The topological polar surface area (TPSA) is 160 Å². The smallest absolute Gasteiger partial charge is 0.249 e. The number of rotatable bonds is 4. The van der Waals surface area contributed by atoms with Crippen molar-refractivity contribution in [3.8, 4) is 0 Å². The zero-order chi connectivity index (χ0) is 16.6. The molecule has 0 unspecified atom stereocenters. The van der Waals surface area contributed by atoms with Crippen LogP contribution in [-0.4, -0.2) is 56.8 Å². The molecule has 1 aliphatic heterocycles. The Balaban J connectivity index is 1.70. The molecule has 5 rings (SSSR count). The van der Waals surface area contributed by atoms with Crippen LogP contribution < -0.4 is 15.2 Å². The van der Waals surface area contributed by atoms with Crippen LogP contribution in [0, 0.1) is 0 Å². The molecule has 0 fully saturated rings. The third kappa shape index (κ3) is 2.10. The van der Waals surface area contributed by atoms with E-state index in [1.165, 1.54) is 17.7 Å². The quantitative estimate of drug-likeness (QED) is 0.436. The van der Waals surface area contributed by atoms with E-state index in [9.17, 15) is 0 Å². The highest BCUT2D eigenvalue weighted by Gasteiger charge is 2.40. The van der Waals surface area contributed by atoms with E-state index < -0.39 is 0 Å². The summed E-state index contributed by atoms with van der Waals surface area (Å²) >= 11 is 1.33. The van der Waals surface area contributed by atoms with Crippen LogP contribution in [0.15, 0.2) is 35.4 Å². The highest BCUT2D eigenvalue weighted by atomic mass is 32.1. The van der Waals surface area contributed by atoms with Crippen LogP contribution in [-0.2, 0) is 0 Å². The summed E-state index contributed by atoms with van der Waals surface area (Å²) < 4.78 is 0. The number of nitrogens with zero attached hydrogens (tertiary/aromatic N) is 11. The zero-order valence-corrected chi connectivity index (χ0v) is 13.0. The van der Waals surface area contributed by atoms with Crippen molar-refractivity contribution < 1.29 is 0 Å². The molecule has 0 spiro atoms. The van der Waals surface area contributed by atoms with E-state index in [-0.39, 0.29) is 0 Å². The fourth-order valence-electron chi connectivity index (χ4n) is 2.25. The van der Waals surface area contributed by atoms with Crippen LogP contribution in [0.3, 0.4) is 0 Å². The van der Waals surface area contributed by atoms with Gasteiger partial charge in [0.2, 0.25) is 11.0 Å². The molecule has 15 heteroatoms. The molecular formula is C10H8N14S. The number of anilines is 3. The number of aromatic amines is 3. The number of hydrazone groups is 1. The van der Waals surface area contributed by atoms with Crippen LogP contribution in [0.2, 0.25) is 0 Å². The van der Waals surface area contributed by atoms with E-state index in [2.05, 4.69) is 56.1 Å². The van der Waals surface area contributed by atoms with E-state index in [1.54, 1.807) is 39.2 Å². The van der Waals surface area contributed by atoms with Crippen LogP contribution in [0.25, 0.3) is 0 Å². The third-order valence-corrected chi connectivity index (χ3v) is 3.88. The molecule has 0 amide bonds. The number of hydrazine groups is 2. The second kappa shape index (κ2) is 5.34. The second-order valence-corrected chi connectivity index (χ2v) is 5.45. The van der Waals surface area contributed by atoms with Gasteiger partial charge >= 0.3 is 0 Å². The van der Waals surface area contributed by atoms with E-state index in [4.69, 9.17) is 0 Å². The predicted octanol–water partition coefficient (Wildman–Crippen LogP) is -0.478. The Morgan fingerprint density at radius 2 is 2.12 bits per heavy atom. The summed E-state index contributed by atoms with van der Waals surface area (Å²) in [5, 5.41) is 42.2. The molecule has 4 aromatic rings. The number of nitrogens with one attached hydrogen (secondary N) is 3. The molecule has 25 heavy (non-hydrogen) atoms. The lowest BCUT2D eigenvalue weighted by atomic mass is 10.5. The molecule has 3 N–H and O–H groups in total. The van der Waals surface area contributed by atoms with E-state index in [1.807, 2.05) is 0 Å². The maximum Gasteiger partial charge on any atom is 0.249 e. The summed E-state index contributed by atoms with van der Waals surface area (Å²) in [5.41, 5.74) is 1.62. The molecule has 0 aromatic carbocycles. The summed E-state index contributed by atoms with van der Waals surface area (Å²) in [5.74, 6) is 1.97. The van der Waals surface area contributed by atoms with Crippen molar-refractivity contribution in [2.24, 2.45) is 5.10 Å². The number of H-pyrrole nitrogens is 3. The van der Waals surface area contributed by atoms with Crippen molar-refractivity contribution >= 4 is 33.9 Å². The highest BCUT2D eigenvalue weighted by molar-refractivity contribution is 7.13. The summed E-state index contributed by atoms with van der Waals surface area (Å²) in [4.78, 5) is 4.18. The molecule has 4 aromatic heterocycles. The van der Waals surface area contributed by atoms with Crippen LogP contribution >= 0.6 is 11.3 Å². The summed E-state index contributed by atoms with van der Waals surface area (Å²) in [6.07, 6.45) is 4.57. The van der Waals surface area contributed by atoms with Crippen molar-refractivity contribution in [1.82, 2.24) is 51.0 Å². The van der Waals surface area contributed by atoms with Crippen LogP contribution in [0.4, 0.5) is 16.8 Å². The van der Waals surface area contributed by atoms with E-state index in [0.29, 0.717) is 28.4 Å². The Morgan fingerprint density at radius 3 is 2.80 bits per heavy atom. The van der Waals surface area contributed by atoms with Crippen molar-refractivity contribution in [2.75, 3.05) is 15.2 Å². The Bertz CT molecular complexity index is 955. The molecule has 0 atom stereocenters. The van der Waals surface area contributed by atoms with Gasteiger partial charge in [0.25, 0.3) is 0 Å². The molecule has 14 nitrogen and oxygen atoms in total. The first-order chi connectivity index (χ1) is 12.4. The second-order valence-electron chi connectivity index (χ2n) is 4.64. The monoisotopic (exact) mass is 356 g/mol. The van der Waals surface area contributed by atoms with E-state index in [0.717, 1.165) is 0 Å². The van der Waals surface area contributed by atoms with Gasteiger partial charge in [0.15, 0.2) is 17.5 Å². The Hall–Kier alpha value is -3.88. The first kappa shape index (κ1) is 13.5. The molecule has 5 heterocycles. The number of aromatic nitrogens is 10. The largest absolute Gasteiger partial charge is 0.260 e. The standard InChI is InChI=1S/C10H8N14S/c1-2-12-16-6(1)23-20-9(8-11-4-14-18-8)22(7-3-13-21-17-7)24(23)10-19-15-5-25-10/h1-5H,(H,12,16)(H,11,14,18)(H,13,17,21). The van der Waals surface area contributed by atoms with Gasteiger partial charge in [-0.25, -0.2) is 4.98 Å². The summed E-state index contributed by atoms with van der Waals surface area (Å²) in [6.45, 7) is 0. The first-order valence-corrected chi connectivity index (χ1v) is 7.75. The lowest BCUT2D eigenvalue weighted by molar-refractivity contribution is 0.778. The first-order valence-electron chi connectivity index (χ1n) is 6.87. The maximum absolute atomic E-state index is 4.60. The summed E-state index contributed by atoms with van der Waals surface area (Å²) in [7, 11) is 0. The molecule has 0 saturated heterocycles. The van der Waals surface area contributed by atoms with Crippen molar-refractivity contribution in [2.45, 2.75) is 0 Å². The maximum atomic E-state index is 4.60. The Kier molecular flexibility index (Phi) is 2.89. The molecule has 0 bridgehead atoms. The number of amidine groups is 1. The molecule has 124 valence electrons. The van der Waals surface area contributed by atoms with Gasteiger partial charge < -0.3 is 0 Å². The van der Waals surface area contributed by atoms with Gasteiger partial charge in [0, 0.05) is 6.07 Å². The van der Waals surface area contributed by atoms with Crippen molar-refractivity contribution in [3.05, 3.63) is 36.1 Å². The minimum atomic E-state index is 0.441. The predicted molar refractivity (Wildman–Crippen MR) is 85.2 cm³/mol. The Morgan fingerprint density at radius 1 is 1.12 bits per heavy atom. The van der Waals surface area contributed by atoms with Crippen molar-refractivity contribution in [1.29, 1.82) is 0 Å². The normalized spacial score (nSPS) is 14.4. The highest BCUT2D eigenvalue weighted by Crippen LogP contribution is 2.32. The van der Waals surface area contributed by atoms with Gasteiger partial charge in [-0.2, -0.15) is 25.5 Å². The van der Waals surface area contributed by atoms with Gasteiger partial charge in [-0.1, -0.05) is 11.3 Å². The minimum absolute atomic E-state index is 0.441. The molecule has 0 aliphatic carbocycles. The third-order valence-electron chi connectivity index (χ3n) is 3.23. The Labute approximate surface area is 142 Å². The van der Waals surface area contributed by atoms with Crippen LogP contribution in [0.1, 0.15) is 5.82 Å². The average Bonchev–Trinajstić information content (AvgIpc) is 3.48. The van der Waals surface area contributed by atoms with Gasteiger partial charge in [-0.3, -0.25) is 10.2 Å². The SMILES string of the molecule is c1cc(N2N=C(c3ncn[nH]3)N(c3cn[nH]n3)N2c2nncs2)[nH]n1. The number of hydrogen-bond donors (Lipinski definition) is 3. The molecule has 0 saturated carbocycles. The summed E-state index contributed by atoms with van der Waals surface area (Å²) in [6, 6.07) is 1.77. The zero-order valence-electron chi connectivity index (χ0n) is 12.2. The molecule has 1 aliphatic rings. The lowest BCUT2D eigenvalue weighted by Gasteiger charge is -2.30. The van der Waals surface area contributed by atoms with Gasteiger partial charge in [-0.15, -0.1) is 30.6 Å². The van der Waals surface area contributed by atoms with E-state index >= 15 is 0 Å².